The highest BCUT2D eigenvalue weighted by Crippen LogP contribution is 2.17. The summed E-state index contributed by atoms with van der Waals surface area (Å²) < 4.78 is 0. The van der Waals surface area contributed by atoms with E-state index in [0.29, 0.717) is 31.6 Å². The van der Waals surface area contributed by atoms with Gasteiger partial charge in [0, 0.05) is 56.6 Å². The molecule has 1 aromatic rings. The number of anilines is 1. The first-order valence-corrected chi connectivity index (χ1v) is 7.96. The van der Waals surface area contributed by atoms with E-state index in [1.807, 2.05) is 24.1 Å². The van der Waals surface area contributed by atoms with Gasteiger partial charge in [-0.15, -0.1) is 0 Å². The molecule has 0 atom stereocenters. The quantitative estimate of drug-likeness (QED) is 0.871. The molecule has 0 bridgehead atoms. The van der Waals surface area contributed by atoms with Gasteiger partial charge in [0.25, 0.3) is 5.91 Å². The normalized spacial score (nSPS) is 19.0. The van der Waals surface area contributed by atoms with Gasteiger partial charge in [0.05, 0.1) is 0 Å². The summed E-state index contributed by atoms with van der Waals surface area (Å²) in [4.78, 5) is 32.0. The van der Waals surface area contributed by atoms with E-state index in [1.54, 1.807) is 0 Å². The zero-order valence-electron chi connectivity index (χ0n) is 13.3. The predicted octanol–water partition coefficient (Wildman–Crippen LogP) is 0.695. The second-order valence-electron chi connectivity index (χ2n) is 5.88. The van der Waals surface area contributed by atoms with Gasteiger partial charge in [0.2, 0.25) is 5.91 Å². The molecule has 0 unspecified atom stereocenters. The zero-order valence-corrected chi connectivity index (χ0v) is 13.3. The fraction of sp³-hybridized carbons (Fsp3) is 0.500. The molecule has 3 heterocycles. The van der Waals surface area contributed by atoms with Crippen LogP contribution >= 0.6 is 0 Å². The number of hydrazone groups is 1. The summed E-state index contributed by atoms with van der Waals surface area (Å²) in [7, 11) is 0. The Morgan fingerprint density at radius 3 is 2.83 bits per heavy atom. The van der Waals surface area contributed by atoms with Crippen molar-refractivity contribution in [3.63, 3.8) is 0 Å². The predicted molar refractivity (Wildman–Crippen MR) is 87.2 cm³/mol. The van der Waals surface area contributed by atoms with Crippen LogP contribution in [0.5, 0.6) is 0 Å². The summed E-state index contributed by atoms with van der Waals surface area (Å²) in [6.45, 7) is 5.05. The molecular weight excluding hydrogens is 294 g/mol. The standard InChI is InChI=1S/C16H21N5O2/c1-12-11-13(5-6-17-12)20-7-2-8-21(10-9-20)16(23)14-3-4-15(22)19-18-14/h5-6,11H,2-4,7-10H2,1H3,(H,19,22). The van der Waals surface area contributed by atoms with Crippen LogP contribution in [0.4, 0.5) is 5.69 Å². The van der Waals surface area contributed by atoms with E-state index in [-0.39, 0.29) is 11.8 Å². The van der Waals surface area contributed by atoms with E-state index in [1.165, 1.54) is 0 Å². The van der Waals surface area contributed by atoms with Gasteiger partial charge in [0.15, 0.2) is 0 Å². The molecule has 0 radical (unpaired) electrons. The maximum absolute atomic E-state index is 12.5. The van der Waals surface area contributed by atoms with Crippen molar-refractivity contribution in [1.29, 1.82) is 0 Å². The molecule has 0 aliphatic carbocycles. The molecule has 2 amide bonds. The Hall–Kier alpha value is -2.44. The van der Waals surface area contributed by atoms with E-state index in [4.69, 9.17) is 0 Å². The van der Waals surface area contributed by atoms with Crippen LogP contribution in [0.3, 0.4) is 0 Å². The third kappa shape index (κ3) is 3.67. The summed E-state index contributed by atoms with van der Waals surface area (Å²) in [5.74, 6) is -0.186. The van der Waals surface area contributed by atoms with Gasteiger partial charge < -0.3 is 9.80 Å². The van der Waals surface area contributed by atoms with Crippen LogP contribution in [0.25, 0.3) is 0 Å². The highest BCUT2D eigenvalue weighted by atomic mass is 16.2. The number of rotatable bonds is 2. The van der Waals surface area contributed by atoms with Crippen LogP contribution < -0.4 is 10.3 Å². The fourth-order valence-electron chi connectivity index (χ4n) is 2.92. The van der Waals surface area contributed by atoms with Crippen LogP contribution in [0.15, 0.2) is 23.4 Å². The third-order valence-electron chi connectivity index (χ3n) is 4.18. The number of aryl methyl sites for hydroxylation is 1. The van der Waals surface area contributed by atoms with Gasteiger partial charge in [-0.05, 0) is 25.5 Å². The molecule has 1 aromatic heterocycles. The number of hydrogen-bond donors (Lipinski definition) is 1. The van der Waals surface area contributed by atoms with E-state index in [0.717, 1.165) is 30.9 Å². The van der Waals surface area contributed by atoms with Crippen molar-refractivity contribution in [3.05, 3.63) is 24.0 Å². The Bertz CT molecular complexity index is 643. The topological polar surface area (TPSA) is 77.9 Å². The summed E-state index contributed by atoms with van der Waals surface area (Å²) in [6, 6.07) is 4.07. The first kappa shape index (κ1) is 15.5. The highest BCUT2D eigenvalue weighted by molar-refractivity contribution is 6.39. The number of pyridine rings is 1. The van der Waals surface area contributed by atoms with Crippen molar-refractivity contribution in [3.8, 4) is 0 Å². The number of hydrogen-bond acceptors (Lipinski definition) is 5. The summed E-state index contributed by atoms with van der Waals surface area (Å²) in [5, 5.41) is 3.91. The second-order valence-corrected chi connectivity index (χ2v) is 5.88. The monoisotopic (exact) mass is 315 g/mol. The minimum atomic E-state index is -0.128. The van der Waals surface area contributed by atoms with Crippen molar-refractivity contribution in [2.75, 3.05) is 31.1 Å². The minimum absolute atomic E-state index is 0.0576. The maximum atomic E-state index is 12.5. The van der Waals surface area contributed by atoms with Crippen LogP contribution in [0.1, 0.15) is 25.0 Å². The number of nitrogens with one attached hydrogen (secondary N) is 1. The summed E-state index contributed by atoms with van der Waals surface area (Å²) in [5.41, 5.74) is 4.99. The first-order valence-electron chi connectivity index (χ1n) is 7.96. The molecule has 0 spiro atoms. The van der Waals surface area contributed by atoms with E-state index in [2.05, 4.69) is 26.5 Å². The van der Waals surface area contributed by atoms with E-state index in [9.17, 15) is 9.59 Å². The molecule has 122 valence electrons. The van der Waals surface area contributed by atoms with Gasteiger partial charge >= 0.3 is 0 Å². The Morgan fingerprint density at radius 1 is 1.22 bits per heavy atom. The Balaban J connectivity index is 1.64. The number of carbonyl (C=O) groups is 2. The average Bonchev–Trinajstić information content (AvgIpc) is 2.81. The van der Waals surface area contributed by atoms with Gasteiger partial charge in [-0.3, -0.25) is 14.6 Å². The van der Waals surface area contributed by atoms with Gasteiger partial charge in [-0.25, -0.2) is 5.43 Å². The first-order chi connectivity index (χ1) is 11.1. The van der Waals surface area contributed by atoms with Crippen LogP contribution in [-0.2, 0) is 9.59 Å². The van der Waals surface area contributed by atoms with Crippen molar-refractivity contribution in [2.24, 2.45) is 5.10 Å². The lowest BCUT2D eigenvalue weighted by molar-refractivity contribution is -0.124. The van der Waals surface area contributed by atoms with Crippen molar-refractivity contribution in [1.82, 2.24) is 15.3 Å². The lowest BCUT2D eigenvalue weighted by Crippen LogP contribution is -2.42. The molecule has 0 aromatic carbocycles. The largest absolute Gasteiger partial charge is 0.370 e. The van der Waals surface area contributed by atoms with Gasteiger partial charge in [-0.1, -0.05) is 0 Å². The molecule has 2 aliphatic rings. The Kier molecular flexibility index (Phi) is 4.55. The smallest absolute Gasteiger partial charge is 0.270 e. The van der Waals surface area contributed by atoms with Gasteiger partial charge in [0.1, 0.15) is 5.71 Å². The lowest BCUT2D eigenvalue weighted by atomic mass is 10.1. The van der Waals surface area contributed by atoms with Gasteiger partial charge in [-0.2, -0.15) is 5.10 Å². The molecule has 7 nitrogen and oxygen atoms in total. The SMILES string of the molecule is Cc1cc(N2CCCN(C(=O)C3=NNC(=O)CC3)CC2)ccn1. The van der Waals surface area contributed by atoms with Crippen LogP contribution in [0.2, 0.25) is 0 Å². The maximum Gasteiger partial charge on any atom is 0.270 e. The third-order valence-corrected chi connectivity index (χ3v) is 4.18. The minimum Gasteiger partial charge on any atom is -0.370 e. The van der Waals surface area contributed by atoms with E-state index >= 15 is 0 Å². The molecule has 1 fully saturated rings. The highest BCUT2D eigenvalue weighted by Gasteiger charge is 2.25. The molecule has 3 rings (SSSR count). The summed E-state index contributed by atoms with van der Waals surface area (Å²) in [6.07, 6.45) is 3.49. The fourth-order valence-corrected chi connectivity index (χ4v) is 2.92. The van der Waals surface area contributed by atoms with Crippen molar-refractivity contribution >= 4 is 23.2 Å². The molecule has 23 heavy (non-hydrogen) atoms. The molecule has 1 N–H and O–H groups in total. The Labute approximate surface area is 135 Å². The zero-order chi connectivity index (χ0) is 16.2. The second kappa shape index (κ2) is 6.76. The molecule has 1 saturated heterocycles. The molecule has 2 aliphatic heterocycles. The average molecular weight is 315 g/mol. The van der Waals surface area contributed by atoms with Crippen molar-refractivity contribution < 1.29 is 9.59 Å². The molecule has 0 saturated carbocycles. The number of nitrogens with zero attached hydrogens (tertiary/aromatic N) is 4. The number of amides is 2. The van der Waals surface area contributed by atoms with Crippen LogP contribution in [0, 0.1) is 6.92 Å². The molecular formula is C16H21N5O2. The number of carbonyl (C=O) groups excluding carboxylic acids is 2. The summed E-state index contributed by atoms with van der Waals surface area (Å²) >= 11 is 0. The Morgan fingerprint density at radius 2 is 2.09 bits per heavy atom. The number of aromatic nitrogens is 1. The lowest BCUT2D eigenvalue weighted by Gasteiger charge is -2.24. The van der Waals surface area contributed by atoms with E-state index < -0.39 is 0 Å². The van der Waals surface area contributed by atoms with Crippen LogP contribution in [-0.4, -0.2) is 53.6 Å². The van der Waals surface area contributed by atoms with Crippen molar-refractivity contribution in [2.45, 2.75) is 26.2 Å². The molecule has 7 heteroatoms.